The maximum Gasteiger partial charge on any atom is 0.320 e. The van der Waals surface area contributed by atoms with Gasteiger partial charge in [0.2, 0.25) is 21.8 Å². The van der Waals surface area contributed by atoms with Gasteiger partial charge in [-0.2, -0.15) is 10.1 Å². The van der Waals surface area contributed by atoms with Gasteiger partial charge in [-0.15, -0.1) is 0 Å². The molecule has 2 aliphatic heterocycles. The predicted octanol–water partition coefficient (Wildman–Crippen LogP) is 2.53. The van der Waals surface area contributed by atoms with Crippen molar-refractivity contribution in [2.24, 2.45) is 5.92 Å². The molecule has 2 N–H and O–H groups in total. The molecule has 4 heterocycles. The van der Waals surface area contributed by atoms with E-state index in [1.54, 1.807) is 48.3 Å². The number of methoxy groups -OCH3 is 1. The Labute approximate surface area is 278 Å². The predicted molar refractivity (Wildman–Crippen MR) is 175 cm³/mol. The van der Waals surface area contributed by atoms with E-state index in [-0.39, 0.29) is 31.3 Å². The Morgan fingerprint density at radius 1 is 1.17 bits per heavy atom. The number of nitrogens with one attached hydrogen (secondary N) is 2. The number of nitrogens with zero attached hydrogens (tertiary/aromatic N) is 5. The van der Waals surface area contributed by atoms with Crippen LogP contribution < -0.4 is 19.5 Å². The summed E-state index contributed by atoms with van der Waals surface area (Å²) >= 11 is 0. The molecule has 4 amide bonds. The zero-order chi connectivity index (χ0) is 33.6. The number of hydrogen-bond acceptors (Lipinski definition) is 9. The summed E-state index contributed by atoms with van der Waals surface area (Å²) in [7, 11) is -0.538. The van der Waals surface area contributed by atoms with Crippen LogP contribution in [0.5, 0.6) is 11.6 Å². The smallest absolute Gasteiger partial charge is 0.320 e. The van der Waals surface area contributed by atoms with Gasteiger partial charge in [-0.1, -0.05) is 12.2 Å². The summed E-state index contributed by atoms with van der Waals surface area (Å²) in [4.78, 5) is 49.3. The van der Waals surface area contributed by atoms with E-state index >= 15 is 0 Å². The number of amides is 4. The van der Waals surface area contributed by atoms with Crippen LogP contribution in [0.1, 0.15) is 44.9 Å². The summed E-state index contributed by atoms with van der Waals surface area (Å²) in [6.07, 6.45) is 10.4. The van der Waals surface area contributed by atoms with Gasteiger partial charge in [0.1, 0.15) is 23.4 Å². The molecule has 15 heteroatoms. The first-order valence-corrected chi connectivity index (χ1v) is 17.8. The molecule has 2 saturated carbocycles. The van der Waals surface area contributed by atoms with Gasteiger partial charge in [0, 0.05) is 43.7 Å². The van der Waals surface area contributed by atoms with Crippen molar-refractivity contribution in [2.45, 2.75) is 67.9 Å². The van der Waals surface area contributed by atoms with E-state index < -0.39 is 44.8 Å². The number of benzene rings is 1. The number of carbonyl (C=O) groups excluding carboxylic acids is 3. The SMILES string of the molecule is COc1ccc2c(OC3CC4C(=O)NC5(C(=O)NS(=O)(=O)C6CC6)CC5/C=C/CCCCN(C)C(=O)N4C3)nc(-n3cccn3)cc2c1. The number of rotatable bonds is 7. The Balaban J connectivity index is 1.19. The molecule has 1 aromatic carbocycles. The van der Waals surface area contributed by atoms with Crippen LogP contribution in [0.15, 0.2) is 54.9 Å². The first kappa shape index (κ1) is 31.9. The number of urea groups is 1. The van der Waals surface area contributed by atoms with Crippen LogP contribution in [-0.4, -0.2) is 101 Å². The first-order valence-electron chi connectivity index (χ1n) is 16.3. The zero-order valence-corrected chi connectivity index (χ0v) is 27.7. The summed E-state index contributed by atoms with van der Waals surface area (Å²) in [6, 6.07) is 7.88. The lowest BCUT2D eigenvalue weighted by Crippen LogP contribution is -2.57. The molecule has 2 aromatic heterocycles. The van der Waals surface area contributed by atoms with Crippen molar-refractivity contribution in [3.8, 4) is 17.4 Å². The van der Waals surface area contributed by atoms with E-state index in [1.807, 2.05) is 30.4 Å². The van der Waals surface area contributed by atoms with E-state index in [1.165, 1.54) is 4.90 Å². The number of hydrogen-bond donors (Lipinski definition) is 2. The second-order valence-corrected chi connectivity index (χ2v) is 15.0. The fraction of sp³-hybridized carbons (Fsp3) is 0.485. The van der Waals surface area contributed by atoms with Gasteiger partial charge in [-0.05, 0) is 74.2 Å². The lowest BCUT2D eigenvalue weighted by molar-refractivity contribution is -0.131. The highest BCUT2D eigenvalue weighted by Crippen LogP contribution is 2.46. The molecule has 0 radical (unpaired) electrons. The average Bonchev–Trinajstić information content (AvgIpc) is 3.93. The van der Waals surface area contributed by atoms with Gasteiger partial charge < -0.3 is 24.6 Å². The minimum atomic E-state index is -3.83. The Hall–Kier alpha value is -4.66. The van der Waals surface area contributed by atoms with Crippen LogP contribution >= 0.6 is 0 Å². The van der Waals surface area contributed by atoms with E-state index in [0.29, 0.717) is 42.2 Å². The molecule has 14 nitrogen and oxygen atoms in total. The highest BCUT2D eigenvalue weighted by atomic mass is 32.2. The Bertz CT molecular complexity index is 1880. The highest BCUT2D eigenvalue weighted by molar-refractivity contribution is 7.91. The second-order valence-electron chi connectivity index (χ2n) is 13.0. The monoisotopic (exact) mass is 677 g/mol. The standard InChI is InChI=1S/C33H39N7O7S/c1-38-14-6-4-3-5-8-22-19-33(22,31(42)37-48(44,45)25-10-11-25)36-29(41)27-18-24(20-39(27)32(38)43)47-30-26-12-9-23(46-2)16-21(26)17-28(35-30)40-15-7-13-34-40/h5,7-9,12-13,15-17,22,24-25,27H,3-4,6,10-11,14,18-20H2,1-2H3,(H,36,41)(H,37,42)/b8-5+. The largest absolute Gasteiger partial charge is 0.497 e. The Kier molecular flexibility index (Phi) is 8.26. The highest BCUT2D eigenvalue weighted by Gasteiger charge is 2.62. The van der Waals surface area contributed by atoms with Crippen molar-refractivity contribution < 1.29 is 32.3 Å². The molecule has 254 valence electrons. The Morgan fingerprint density at radius 2 is 2.00 bits per heavy atom. The molecular weight excluding hydrogens is 638 g/mol. The lowest BCUT2D eigenvalue weighted by atomic mass is 10.1. The molecule has 4 unspecified atom stereocenters. The van der Waals surface area contributed by atoms with Crippen LogP contribution in [0.3, 0.4) is 0 Å². The summed E-state index contributed by atoms with van der Waals surface area (Å²) in [5.74, 6) is -0.162. The van der Waals surface area contributed by atoms with Crippen LogP contribution in [-0.2, 0) is 19.6 Å². The number of ether oxygens (including phenoxy) is 2. The third-order valence-electron chi connectivity index (χ3n) is 9.59. The van der Waals surface area contributed by atoms with Crippen LogP contribution in [0, 0.1) is 5.92 Å². The number of sulfonamides is 1. The van der Waals surface area contributed by atoms with Crippen molar-refractivity contribution >= 4 is 38.6 Å². The number of pyridine rings is 1. The summed E-state index contributed by atoms with van der Waals surface area (Å²) in [5, 5.41) is 8.13. The average molecular weight is 678 g/mol. The molecular formula is C33H39N7O7S. The van der Waals surface area contributed by atoms with Gasteiger partial charge >= 0.3 is 6.03 Å². The maximum atomic E-state index is 14.1. The fourth-order valence-corrected chi connectivity index (χ4v) is 7.95. The minimum Gasteiger partial charge on any atom is -0.497 e. The summed E-state index contributed by atoms with van der Waals surface area (Å²) < 4.78 is 41.2. The number of aromatic nitrogens is 3. The van der Waals surface area contributed by atoms with Crippen LogP contribution in [0.2, 0.25) is 0 Å². The molecule has 3 fully saturated rings. The molecule has 48 heavy (non-hydrogen) atoms. The number of fused-ring (bicyclic) bond motifs is 3. The topological polar surface area (TPSA) is 165 Å². The van der Waals surface area contributed by atoms with Gasteiger partial charge in [0.25, 0.3) is 5.91 Å². The molecule has 0 spiro atoms. The van der Waals surface area contributed by atoms with Crippen LogP contribution in [0.25, 0.3) is 16.6 Å². The van der Waals surface area contributed by atoms with E-state index in [0.717, 1.165) is 24.6 Å². The van der Waals surface area contributed by atoms with Crippen molar-refractivity contribution in [1.29, 1.82) is 0 Å². The first-order chi connectivity index (χ1) is 23.1. The van der Waals surface area contributed by atoms with E-state index in [4.69, 9.17) is 14.5 Å². The van der Waals surface area contributed by atoms with E-state index in [2.05, 4.69) is 15.1 Å². The molecule has 0 bridgehead atoms. The molecule has 3 aromatic rings. The zero-order valence-electron chi connectivity index (χ0n) is 26.9. The number of allylic oxidation sites excluding steroid dienone is 1. The van der Waals surface area contributed by atoms with Crippen LogP contribution in [0.4, 0.5) is 4.79 Å². The van der Waals surface area contributed by atoms with Crippen molar-refractivity contribution in [3.05, 3.63) is 54.9 Å². The quantitative estimate of drug-likeness (QED) is 0.358. The molecule has 1 saturated heterocycles. The van der Waals surface area contributed by atoms with Crippen molar-refractivity contribution in [3.63, 3.8) is 0 Å². The Morgan fingerprint density at radius 3 is 2.75 bits per heavy atom. The molecule has 4 aliphatic rings. The fourth-order valence-electron chi connectivity index (χ4n) is 6.58. The third-order valence-corrected chi connectivity index (χ3v) is 11.4. The second kappa shape index (κ2) is 12.4. The molecule has 4 atom stereocenters. The summed E-state index contributed by atoms with van der Waals surface area (Å²) in [6.45, 7) is 0.614. The molecule has 2 aliphatic carbocycles. The maximum absolute atomic E-state index is 14.1. The lowest BCUT2D eigenvalue weighted by Gasteiger charge is -2.30. The third kappa shape index (κ3) is 6.18. The normalized spacial score (nSPS) is 27.0. The van der Waals surface area contributed by atoms with Crippen molar-refractivity contribution in [2.75, 3.05) is 27.2 Å². The van der Waals surface area contributed by atoms with E-state index in [9.17, 15) is 22.8 Å². The summed E-state index contributed by atoms with van der Waals surface area (Å²) in [5.41, 5.74) is -1.42. The molecule has 7 rings (SSSR count). The number of carbonyl (C=O) groups is 3. The van der Waals surface area contributed by atoms with Crippen molar-refractivity contribution in [1.82, 2.24) is 34.6 Å². The van der Waals surface area contributed by atoms with Gasteiger partial charge in [-0.3, -0.25) is 14.3 Å². The van der Waals surface area contributed by atoms with Gasteiger partial charge in [0.15, 0.2) is 5.82 Å². The minimum absolute atomic E-state index is 0.102. The van der Waals surface area contributed by atoms with Gasteiger partial charge in [-0.25, -0.2) is 17.9 Å². The van der Waals surface area contributed by atoms with Gasteiger partial charge in [0.05, 0.1) is 18.9 Å².